The maximum absolute atomic E-state index is 5.91. The first-order valence-corrected chi connectivity index (χ1v) is 9.43. The summed E-state index contributed by atoms with van der Waals surface area (Å²) in [6.45, 7) is 11.7. The van der Waals surface area contributed by atoms with E-state index in [9.17, 15) is 0 Å². The van der Waals surface area contributed by atoms with Gasteiger partial charge in [-0.25, -0.2) is 0 Å². The van der Waals surface area contributed by atoms with Gasteiger partial charge in [0.05, 0.1) is 12.7 Å². The molecule has 0 aromatic carbocycles. The molecule has 2 fully saturated rings. The van der Waals surface area contributed by atoms with Crippen molar-refractivity contribution in [3.05, 3.63) is 0 Å². The summed E-state index contributed by atoms with van der Waals surface area (Å²) < 4.78 is 5.91. The van der Waals surface area contributed by atoms with Gasteiger partial charge in [-0.1, -0.05) is 58.8 Å². The van der Waals surface area contributed by atoms with Crippen molar-refractivity contribution in [3.63, 3.8) is 0 Å². The Morgan fingerprint density at radius 2 is 1.67 bits per heavy atom. The highest BCUT2D eigenvalue weighted by Gasteiger charge is 2.53. The van der Waals surface area contributed by atoms with Crippen LogP contribution in [0, 0.1) is 0 Å². The van der Waals surface area contributed by atoms with Crippen LogP contribution in [0.4, 0.5) is 0 Å². The van der Waals surface area contributed by atoms with Crippen LogP contribution in [0.15, 0.2) is 0 Å². The van der Waals surface area contributed by atoms with Crippen molar-refractivity contribution in [3.8, 4) is 0 Å². The Kier molecular flexibility index (Phi) is 6.14. The Morgan fingerprint density at radius 3 is 2.19 bits per heavy atom. The number of morpholine rings is 1. The summed E-state index contributed by atoms with van der Waals surface area (Å²) in [6.07, 6.45) is 14.1. The Balaban J connectivity index is 1.97. The molecule has 0 radical (unpaired) electrons. The van der Waals surface area contributed by atoms with Crippen LogP contribution in [0.25, 0.3) is 0 Å². The first-order chi connectivity index (χ1) is 10.0. The molecule has 2 heteroatoms. The minimum Gasteiger partial charge on any atom is -0.375 e. The minimum atomic E-state index is 0.316. The van der Waals surface area contributed by atoms with Crippen LogP contribution in [0.3, 0.4) is 0 Å². The van der Waals surface area contributed by atoms with E-state index in [1.54, 1.807) is 0 Å². The molecule has 2 aliphatic heterocycles. The lowest BCUT2D eigenvalue weighted by Gasteiger charge is -2.49. The number of hydrogen-bond donors (Lipinski definition) is 0. The van der Waals surface area contributed by atoms with Crippen LogP contribution < -0.4 is 0 Å². The van der Waals surface area contributed by atoms with E-state index >= 15 is 0 Å². The molecule has 0 aromatic heterocycles. The number of likely N-dealkylation sites (tertiary alicyclic amines) is 1. The molecule has 2 heterocycles. The quantitative estimate of drug-likeness (QED) is 0.516. The second kappa shape index (κ2) is 7.46. The summed E-state index contributed by atoms with van der Waals surface area (Å²) in [4.78, 5) is 2.84. The van der Waals surface area contributed by atoms with Crippen molar-refractivity contribution in [1.29, 1.82) is 0 Å². The van der Waals surface area contributed by atoms with Crippen molar-refractivity contribution in [2.45, 2.75) is 109 Å². The summed E-state index contributed by atoms with van der Waals surface area (Å²) >= 11 is 0. The monoisotopic (exact) mass is 295 g/mol. The Bertz CT molecular complexity index is 319. The number of fused-ring (bicyclic) bond motifs is 2. The van der Waals surface area contributed by atoms with E-state index in [1.165, 1.54) is 70.8 Å². The van der Waals surface area contributed by atoms with Gasteiger partial charge in [0.1, 0.15) is 0 Å². The van der Waals surface area contributed by atoms with Gasteiger partial charge in [0.15, 0.2) is 0 Å². The Morgan fingerprint density at radius 1 is 1.05 bits per heavy atom. The molecule has 2 nitrogen and oxygen atoms in total. The third kappa shape index (κ3) is 4.01. The molecule has 21 heavy (non-hydrogen) atoms. The predicted molar refractivity (Wildman–Crippen MR) is 90.8 cm³/mol. The van der Waals surface area contributed by atoms with Crippen molar-refractivity contribution < 1.29 is 4.74 Å². The van der Waals surface area contributed by atoms with Crippen LogP contribution in [0.5, 0.6) is 0 Å². The lowest BCUT2D eigenvalue weighted by Crippen LogP contribution is -2.58. The Labute approximate surface area is 132 Å². The summed E-state index contributed by atoms with van der Waals surface area (Å²) in [5.74, 6) is 0. The molecule has 0 aliphatic carbocycles. The topological polar surface area (TPSA) is 12.5 Å². The zero-order valence-corrected chi connectivity index (χ0v) is 14.9. The Hall–Kier alpha value is -0.0800. The van der Waals surface area contributed by atoms with E-state index in [1.807, 2.05) is 0 Å². The summed E-state index contributed by atoms with van der Waals surface area (Å²) in [5, 5.41) is 0. The van der Waals surface area contributed by atoms with Gasteiger partial charge in [0, 0.05) is 17.6 Å². The number of hydrogen-bond acceptors (Lipinski definition) is 2. The highest BCUT2D eigenvalue weighted by molar-refractivity contribution is 5.07. The zero-order valence-electron chi connectivity index (χ0n) is 14.9. The first-order valence-electron chi connectivity index (χ1n) is 9.43. The molecule has 3 unspecified atom stereocenters. The fourth-order valence-corrected chi connectivity index (χ4v) is 4.59. The molecule has 2 aliphatic rings. The van der Waals surface area contributed by atoms with E-state index in [0.717, 1.165) is 6.61 Å². The van der Waals surface area contributed by atoms with Crippen LogP contribution in [-0.4, -0.2) is 35.2 Å². The molecule has 0 spiro atoms. The highest BCUT2D eigenvalue weighted by atomic mass is 16.5. The predicted octanol–water partition coefficient (Wildman–Crippen LogP) is 5.16. The number of nitrogens with zero attached hydrogens (tertiary/aromatic N) is 1. The number of unbranched alkanes of at least 4 members (excludes halogenated alkanes) is 5. The van der Waals surface area contributed by atoms with Gasteiger partial charge < -0.3 is 4.74 Å². The first kappa shape index (κ1) is 17.3. The smallest absolute Gasteiger partial charge is 0.0721 e. The van der Waals surface area contributed by atoms with Crippen molar-refractivity contribution in [1.82, 2.24) is 4.90 Å². The number of rotatable bonds is 10. The van der Waals surface area contributed by atoms with Crippen molar-refractivity contribution in [2.24, 2.45) is 0 Å². The molecule has 0 saturated carbocycles. The number of ether oxygens (including phenoxy) is 1. The fraction of sp³-hybridized carbons (Fsp3) is 1.00. The lowest BCUT2D eigenvalue weighted by atomic mass is 9.83. The van der Waals surface area contributed by atoms with E-state index in [-0.39, 0.29) is 0 Å². The molecular weight excluding hydrogens is 258 g/mol. The van der Waals surface area contributed by atoms with Crippen LogP contribution in [0.1, 0.15) is 91.9 Å². The second-order valence-electron chi connectivity index (χ2n) is 8.01. The van der Waals surface area contributed by atoms with Crippen molar-refractivity contribution >= 4 is 0 Å². The fourth-order valence-electron chi connectivity index (χ4n) is 4.59. The molecule has 0 aromatic rings. The molecular formula is C19H37NO. The summed E-state index contributed by atoms with van der Waals surface area (Å²) in [5.41, 5.74) is 0.715. The molecule has 0 N–H and O–H groups in total. The average molecular weight is 296 g/mol. The van der Waals surface area contributed by atoms with Gasteiger partial charge in [-0.15, -0.1) is 0 Å². The van der Waals surface area contributed by atoms with E-state index in [0.29, 0.717) is 17.2 Å². The van der Waals surface area contributed by atoms with E-state index in [4.69, 9.17) is 4.74 Å². The van der Waals surface area contributed by atoms with Crippen LogP contribution in [0.2, 0.25) is 0 Å². The maximum Gasteiger partial charge on any atom is 0.0721 e. The van der Waals surface area contributed by atoms with Gasteiger partial charge in [-0.05, 0) is 33.1 Å². The minimum absolute atomic E-state index is 0.316. The van der Waals surface area contributed by atoms with Gasteiger partial charge in [0.25, 0.3) is 0 Å². The molecule has 2 bridgehead atoms. The van der Waals surface area contributed by atoms with Crippen LogP contribution >= 0.6 is 0 Å². The largest absolute Gasteiger partial charge is 0.375 e. The molecule has 2 rings (SSSR count). The summed E-state index contributed by atoms with van der Waals surface area (Å²) in [6, 6.07) is 0. The van der Waals surface area contributed by atoms with Gasteiger partial charge in [-0.3, -0.25) is 4.90 Å². The standard InChI is InChI=1S/C19H37NO/c1-5-7-9-11-13-18(3,12-10-8-6-2)20-15-17-14-19(20,4)16-21-17/h17H,5-16H2,1-4H3. The molecule has 124 valence electrons. The molecule has 2 saturated heterocycles. The van der Waals surface area contributed by atoms with Gasteiger partial charge in [-0.2, -0.15) is 0 Å². The summed E-state index contributed by atoms with van der Waals surface area (Å²) in [7, 11) is 0. The van der Waals surface area contributed by atoms with Gasteiger partial charge in [0.2, 0.25) is 0 Å². The maximum atomic E-state index is 5.91. The third-order valence-electron chi connectivity index (χ3n) is 5.87. The third-order valence-corrected chi connectivity index (χ3v) is 5.87. The highest BCUT2D eigenvalue weighted by Crippen LogP contribution is 2.45. The average Bonchev–Trinajstić information content (AvgIpc) is 2.99. The lowest BCUT2D eigenvalue weighted by molar-refractivity contribution is -0.0638. The van der Waals surface area contributed by atoms with Crippen molar-refractivity contribution in [2.75, 3.05) is 13.2 Å². The zero-order chi connectivity index (χ0) is 15.3. The SMILES string of the molecule is CCCCCCC(C)(CCCCC)N1CC2CC1(C)CO2. The molecule has 3 atom stereocenters. The normalized spacial score (nSPS) is 31.7. The molecule has 0 amide bonds. The second-order valence-corrected chi connectivity index (χ2v) is 8.01. The van der Waals surface area contributed by atoms with E-state index in [2.05, 4.69) is 32.6 Å². The van der Waals surface area contributed by atoms with Gasteiger partial charge >= 0.3 is 0 Å². The van der Waals surface area contributed by atoms with Crippen LogP contribution in [-0.2, 0) is 4.74 Å². The van der Waals surface area contributed by atoms with E-state index < -0.39 is 0 Å².